The number of anilines is 2. The number of nitrogens with one attached hydrogen (secondary N) is 1. The lowest BCUT2D eigenvalue weighted by Crippen LogP contribution is -2.28. The molecule has 0 bridgehead atoms. The molecule has 0 aromatic heterocycles. The van der Waals surface area contributed by atoms with Crippen molar-refractivity contribution < 1.29 is 18.0 Å². The van der Waals surface area contributed by atoms with Crippen LogP contribution in [0.1, 0.15) is 12.8 Å². The molecule has 1 N–H and O–H groups in total. The topological polar surface area (TPSA) is 83.6 Å². The summed E-state index contributed by atoms with van der Waals surface area (Å²) in [6, 6.07) is 9.87. The van der Waals surface area contributed by atoms with Gasteiger partial charge in [0.25, 0.3) is 10.0 Å². The minimum Gasteiger partial charge on any atom is -0.280 e. The van der Waals surface area contributed by atoms with Crippen molar-refractivity contribution in [1.82, 2.24) is 0 Å². The molecule has 0 aliphatic carbocycles. The van der Waals surface area contributed by atoms with Gasteiger partial charge in [-0.3, -0.25) is 19.2 Å². The van der Waals surface area contributed by atoms with E-state index in [1.165, 1.54) is 42.5 Å². The number of halogens is 2. The molecule has 1 aliphatic heterocycles. The number of sulfonamides is 1. The van der Waals surface area contributed by atoms with E-state index in [0.29, 0.717) is 10.7 Å². The van der Waals surface area contributed by atoms with Crippen LogP contribution in [0.4, 0.5) is 11.4 Å². The first-order valence-corrected chi connectivity index (χ1v) is 9.45. The second-order valence-electron chi connectivity index (χ2n) is 5.35. The molecular formula is C16H12Cl2N2O4S. The molecule has 1 aliphatic rings. The number of carbonyl (C=O) groups excluding carboxylic acids is 2. The van der Waals surface area contributed by atoms with Crippen LogP contribution in [0.3, 0.4) is 0 Å². The highest BCUT2D eigenvalue weighted by Crippen LogP contribution is 2.28. The first kappa shape index (κ1) is 17.7. The lowest BCUT2D eigenvalue weighted by molar-refractivity contribution is -0.121. The minimum atomic E-state index is -3.85. The molecule has 2 amide bonds. The number of carbonyl (C=O) groups is 2. The van der Waals surface area contributed by atoms with Crippen LogP contribution in [0.15, 0.2) is 47.4 Å². The van der Waals surface area contributed by atoms with Gasteiger partial charge in [-0.1, -0.05) is 23.2 Å². The number of benzene rings is 2. The Bertz CT molecular complexity index is 943. The van der Waals surface area contributed by atoms with Gasteiger partial charge in [0.1, 0.15) is 0 Å². The number of hydrogen-bond acceptors (Lipinski definition) is 4. The van der Waals surface area contributed by atoms with Gasteiger partial charge < -0.3 is 0 Å². The lowest BCUT2D eigenvalue weighted by Gasteiger charge is -2.14. The Morgan fingerprint density at radius 3 is 2.04 bits per heavy atom. The highest BCUT2D eigenvalue weighted by molar-refractivity contribution is 7.92. The van der Waals surface area contributed by atoms with Gasteiger partial charge in [-0.25, -0.2) is 8.42 Å². The summed E-state index contributed by atoms with van der Waals surface area (Å²) in [6.45, 7) is 0. The van der Waals surface area contributed by atoms with Crippen LogP contribution in [0.25, 0.3) is 0 Å². The molecule has 6 nitrogen and oxygen atoms in total. The number of imide groups is 1. The summed E-state index contributed by atoms with van der Waals surface area (Å²) in [7, 11) is -3.85. The van der Waals surface area contributed by atoms with Crippen molar-refractivity contribution >= 4 is 56.4 Å². The van der Waals surface area contributed by atoms with Crippen molar-refractivity contribution in [3.8, 4) is 0 Å². The Hall–Kier alpha value is -2.09. The van der Waals surface area contributed by atoms with Crippen LogP contribution in [0.5, 0.6) is 0 Å². The van der Waals surface area contributed by atoms with Gasteiger partial charge in [0, 0.05) is 12.8 Å². The molecule has 0 atom stereocenters. The Balaban J connectivity index is 1.84. The number of nitrogens with zero attached hydrogens (tertiary/aromatic N) is 1. The van der Waals surface area contributed by atoms with Crippen LogP contribution in [0, 0.1) is 0 Å². The van der Waals surface area contributed by atoms with Gasteiger partial charge >= 0.3 is 0 Å². The van der Waals surface area contributed by atoms with Gasteiger partial charge in [-0.05, 0) is 42.5 Å². The minimum absolute atomic E-state index is 0.0126. The van der Waals surface area contributed by atoms with Crippen molar-refractivity contribution in [1.29, 1.82) is 0 Å². The van der Waals surface area contributed by atoms with Gasteiger partial charge in [0.2, 0.25) is 11.8 Å². The summed E-state index contributed by atoms with van der Waals surface area (Å²) in [6.07, 6.45) is 0.329. The quantitative estimate of drug-likeness (QED) is 0.799. The third-order valence-electron chi connectivity index (χ3n) is 3.63. The summed E-state index contributed by atoms with van der Waals surface area (Å²) in [5, 5.41) is 0.539. The van der Waals surface area contributed by atoms with Crippen molar-refractivity contribution in [2.45, 2.75) is 17.7 Å². The van der Waals surface area contributed by atoms with E-state index in [1.807, 2.05) is 0 Å². The average Bonchev–Trinajstić information content (AvgIpc) is 2.90. The van der Waals surface area contributed by atoms with E-state index < -0.39 is 10.0 Å². The molecule has 2 aromatic rings. The summed E-state index contributed by atoms with van der Waals surface area (Å²) in [5.74, 6) is -0.593. The maximum absolute atomic E-state index is 12.4. The predicted molar refractivity (Wildman–Crippen MR) is 95.4 cm³/mol. The molecule has 1 saturated heterocycles. The molecular weight excluding hydrogens is 387 g/mol. The fraction of sp³-hybridized carbons (Fsp3) is 0.125. The van der Waals surface area contributed by atoms with Gasteiger partial charge in [0.05, 0.1) is 26.3 Å². The molecule has 0 radical (unpaired) electrons. The second-order valence-corrected chi connectivity index (χ2v) is 7.85. The van der Waals surface area contributed by atoms with Crippen LogP contribution >= 0.6 is 23.2 Å². The van der Waals surface area contributed by atoms with E-state index in [9.17, 15) is 18.0 Å². The van der Waals surface area contributed by atoms with Crippen molar-refractivity contribution in [2.24, 2.45) is 0 Å². The normalized spacial score (nSPS) is 14.9. The van der Waals surface area contributed by atoms with Gasteiger partial charge in [0.15, 0.2) is 0 Å². The molecule has 0 unspecified atom stereocenters. The summed E-state index contributed by atoms with van der Waals surface area (Å²) >= 11 is 11.7. The zero-order valence-electron chi connectivity index (χ0n) is 12.7. The van der Waals surface area contributed by atoms with Crippen molar-refractivity contribution in [2.75, 3.05) is 9.62 Å². The van der Waals surface area contributed by atoms with E-state index in [1.54, 1.807) is 0 Å². The predicted octanol–water partition coefficient (Wildman–Crippen LogP) is 3.45. The molecule has 1 heterocycles. The molecule has 0 saturated carbocycles. The first-order valence-electron chi connectivity index (χ1n) is 7.22. The second kappa shape index (κ2) is 6.67. The fourth-order valence-electron chi connectivity index (χ4n) is 2.41. The van der Waals surface area contributed by atoms with Crippen LogP contribution in [-0.4, -0.2) is 20.2 Å². The Kier molecular flexibility index (Phi) is 4.73. The zero-order chi connectivity index (χ0) is 18.2. The van der Waals surface area contributed by atoms with E-state index in [0.717, 1.165) is 4.90 Å². The SMILES string of the molecule is O=C1CCC(=O)N1c1ccc(S(=O)(=O)Nc2ccc(Cl)c(Cl)c2)cc1. The van der Waals surface area contributed by atoms with Gasteiger partial charge in [-0.15, -0.1) is 0 Å². The lowest BCUT2D eigenvalue weighted by atomic mass is 10.3. The maximum atomic E-state index is 12.4. The first-order chi connectivity index (χ1) is 11.8. The summed E-state index contributed by atoms with van der Waals surface area (Å²) in [5.41, 5.74) is 0.615. The van der Waals surface area contributed by atoms with Crippen LogP contribution < -0.4 is 9.62 Å². The smallest absolute Gasteiger partial charge is 0.261 e. The van der Waals surface area contributed by atoms with Crippen LogP contribution in [0.2, 0.25) is 10.0 Å². The Morgan fingerprint density at radius 2 is 1.48 bits per heavy atom. The summed E-state index contributed by atoms with van der Waals surface area (Å²) in [4.78, 5) is 24.5. The number of hydrogen-bond donors (Lipinski definition) is 1. The number of rotatable bonds is 4. The van der Waals surface area contributed by atoms with E-state index >= 15 is 0 Å². The van der Waals surface area contributed by atoms with Crippen LogP contribution in [-0.2, 0) is 19.6 Å². The fourth-order valence-corrected chi connectivity index (χ4v) is 3.76. The Morgan fingerprint density at radius 1 is 0.880 bits per heavy atom. The largest absolute Gasteiger partial charge is 0.280 e. The molecule has 2 aromatic carbocycles. The van der Waals surface area contributed by atoms with E-state index in [-0.39, 0.29) is 40.3 Å². The third-order valence-corrected chi connectivity index (χ3v) is 5.76. The third kappa shape index (κ3) is 3.63. The van der Waals surface area contributed by atoms with Gasteiger partial charge in [-0.2, -0.15) is 0 Å². The number of amides is 2. The maximum Gasteiger partial charge on any atom is 0.261 e. The molecule has 1 fully saturated rings. The monoisotopic (exact) mass is 398 g/mol. The zero-order valence-corrected chi connectivity index (χ0v) is 15.0. The standard InChI is InChI=1S/C16H12Cl2N2O4S/c17-13-6-1-10(9-14(13)18)19-25(23,24)12-4-2-11(3-5-12)20-15(21)7-8-16(20)22/h1-6,9,19H,7-8H2. The molecule has 0 spiro atoms. The highest BCUT2D eigenvalue weighted by atomic mass is 35.5. The molecule has 3 rings (SSSR count). The molecule has 130 valence electrons. The van der Waals surface area contributed by atoms with Crippen molar-refractivity contribution in [3.05, 3.63) is 52.5 Å². The van der Waals surface area contributed by atoms with Crippen molar-refractivity contribution in [3.63, 3.8) is 0 Å². The van der Waals surface area contributed by atoms with E-state index in [4.69, 9.17) is 23.2 Å². The average molecular weight is 399 g/mol. The summed E-state index contributed by atoms with van der Waals surface area (Å²) < 4.78 is 27.2. The van der Waals surface area contributed by atoms with E-state index in [2.05, 4.69) is 4.72 Å². The Labute approximate surface area is 154 Å². The molecule has 25 heavy (non-hydrogen) atoms. The molecule has 9 heteroatoms. The highest BCUT2D eigenvalue weighted by Gasteiger charge is 2.30.